The topological polar surface area (TPSA) is 122 Å². The number of hydrogen-bond donors (Lipinski definition) is 3. The zero-order valence-corrected chi connectivity index (χ0v) is 10.4. The van der Waals surface area contributed by atoms with Crippen LogP contribution >= 0.6 is 0 Å². The van der Waals surface area contributed by atoms with Crippen LogP contribution in [-0.4, -0.2) is 28.1 Å². The maximum atomic E-state index is 13.1. The van der Waals surface area contributed by atoms with Crippen molar-refractivity contribution in [3.8, 4) is 0 Å². The highest BCUT2D eigenvalue weighted by Crippen LogP contribution is 2.19. The number of benzene rings is 1. The molecule has 1 unspecified atom stereocenters. The normalized spacial score (nSPS) is 11.5. The summed E-state index contributed by atoms with van der Waals surface area (Å²) in [5.41, 5.74) is -0.667. The van der Waals surface area contributed by atoms with Gasteiger partial charge < -0.3 is 15.7 Å². The number of nitrogens with one attached hydrogen (secondary N) is 2. The lowest BCUT2D eigenvalue weighted by molar-refractivity contribution is -0.385. The fourth-order valence-corrected chi connectivity index (χ4v) is 1.42. The molecule has 108 valence electrons. The van der Waals surface area contributed by atoms with Crippen LogP contribution in [0.1, 0.15) is 13.3 Å². The average Bonchev–Trinajstić information content (AvgIpc) is 2.34. The Kier molecular flexibility index (Phi) is 4.95. The Hall–Kier alpha value is -2.71. The largest absolute Gasteiger partial charge is 0.480 e. The van der Waals surface area contributed by atoms with Gasteiger partial charge in [0.15, 0.2) is 0 Å². The SMILES string of the molecule is CCC(NC(=O)Nc1cc(F)cc([N+](=O)[O-])c1)C(=O)O. The third-order valence-corrected chi connectivity index (χ3v) is 2.36. The number of urea groups is 1. The van der Waals surface area contributed by atoms with Gasteiger partial charge in [-0.1, -0.05) is 6.92 Å². The fraction of sp³-hybridized carbons (Fsp3) is 0.273. The van der Waals surface area contributed by atoms with Gasteiger partial charge in [-0.05, 0) is 12.5 Å². The monoisotopic (exact) mass is 285 g/mol. The van der Waals surface area contributed by atoms with Gasteiger partial charge in [0.2, 0.25) is 0 Å². The number of rotatable bonds is 5. The molecule has 2 amide bonds. The number of carboxylic acid groups (broad SMARTS) is 1. The zero-order valence-electron chi connectivity index (χ0n) is 10.4. The second kappa shape index (κ2) is 6.45. The highest BCUT2D eigenvalue weighted by molar-refractivity contribution is 5.92. The van der Waals surface area contributed by atoms with E-state index in [0.717, 1.165) is 12.1 Å². The molecule has 1 rings (SSSR count). The van der Waals surface area contributed by atoms with Crippen LogP contribution in [0.4, 0.5) is 20.6 Å². The molecule has 3 N–H and O–H groups in total. The first kappa shape index (κ1) is 15.3. The Morgan fingerprint density at radius 1 is 1.45 bits per heavy atom. The molecule has 0 aliphatic rings. The predicted molar refractivity (Wildman–Crippen MR) is 66.9 cm³/mol. The number of nitro benzene ring substituents is 1. The van der Waals surface area contributed by atoms with E-state index in [0.29, 0.717) is 6.07 Å². The number of carbonyl (C=O) groups is 2. The van der Waals surface area contributed by atoms with E-state index in [2.05, 4.69) is 10.6 Å². The molecule has 0 saturated carbocycles. The molecule has 0 aromatic heterocycles. The van der Waals surface area contributed by atoms with E-state index in [1.165, 1.54) is 0 Å². The molecule has 0 bridgehead atoms. The van der Waals surface area contributed by atoms with Crippen molar-refractivity contribution in [3.05, 3.63) is 34.1 Å². The van der Waals surface area contributed by atoms with E-state index < -0.39 is 34.5 Å². The predicted octanol–water partition coefficient (Wildman–Crippen LogP) is 1.72. The number of carboxylic acids is 1. The molecule has 1 atom stereocenters. The minimum Gasteiger partial charge on any atom is -0.480 e. The highest BCUT2D eigenvalue weighted by Gasteiger charge is 2.18. The van der Waals surface area contributed by atoms with Gasteiger partial charge in [-0.2, -0.15) is 0 Å². The molecule has 0 radical (unpaired) electrons. The van der Waals surface area contributed by atoms with Crippen LogP contribution < -0.4 is 10.6 Å². The summed E-state index contributed by atoms with van der Waals surface area (Å²) in [6.07, 6.45) is 0.159. The molecule has 1 aromatic carbocycles. The van der Waals surface area contributed by atoms with Crippen molar-refractivity contribution < 1.29 is 24.0 Å². The average molecular weight is 285 g/mol. The molecule has 8 nitrogen and oxygen atoms in total. The summed E-state index contributed by atoms with van der Waals surface area (Å²) in [4.78, 5) is 32.0. The lowest BCUT2D eigenvalue weighted by atomic mass is 10.2. The van der Waals surface area contributed by atoms with Gasteiger partial charge in [0.05, 0.1) is 16.7 Å². The first-order valence-electron chi connectivity index (χ1n) is 5.58. The minimum atomic E-state index is -1.21. The maximum absolute atomic E-state index is 13.1. The summed E-state index contributed by atoms with van der Waals surface area (Å²) in [7, 11) is 0. The van der Waals surface area contributed by atoms with Gasteiger partial charge in [-0.15, -0.1) is 0 Å². The zero-order chi connectivity index (χ0) is 15.3. The molecular formula is C11H12FN3O5. The van der Waals surface area contributed by atoms with Crippen LogP contribution in [0.15, 0.2) is 18.2 Å². The van der Waals surface area contributed by atoms with E-state index in [1.54, 1.807) is 6.92 Å². The molecule has 0 aliphatic carbocycles. The molecule has 0 fully saturated rings. The fourth-order valence-electron chi connectivity index (χ4n) is 1.42. The molecular weight excluding hydrogens is 273 g/mol. The number of anilines is 1. The smallest absolute Gasteiger partial charge is 0.326 e. The number of non-ortho nitro benzene ring substituents is 1. The second-order valence-electron chi connectivity index (χ2n) is 3.85. The van der Waals surface area contributed by atoms with Crippen LogP contribution in [0.5, 0.6) is 0 Å². The van der Waals surface area contributed by atoms with Gasteiger partial charge in [0.25, 0.3) is 5.69 Å². The molecule has 0 spiro atoms. The number of nitro groups is 1. The van der Waals surface area contributed by atoms with Crippen LogP contribution in [-0.2, 0) is 4.79 Å². The summed E-state index contributed by atoms with van der Waals surface area (Å²) in [6.45, 7) is 1.56. The highest BCUT2D eigenvalue weighted by atomic mass is 19.1. The van der Waals surface area contributed by atoms with E-state index in [4.69, 9.17) is 5.11 Å². The van der Waals surface area contributed by atoms with Crippen molar-refractivity contribution in [3.63, 3.8) is 0 Å². The first-order chi connectivity index (χ1) is 9.33. The number of aliphatic carboxylic acids is 1. The van der Waals surface area contributed by atoms with Gasteiger partial charge in [0.1, 0.15) is 11.9 Å². The lowest BCUT2D eigenvalue weighted by Crippen LogP contribution is -2.42. The molecule has 1 aromatic rings. The molecule has 9 heteroatoms. The number of hydrogen-bond acceptors (Lipinski definition) is 4. The van der Waals surface area contributed by atoms with Gasteiger partial charge >= 0.3 is 12.0 Å². The third-order valence-electron chi connectivity index (χ3n) is 2.36. The van der Waals surface area contributed by atoms with E-state index >= 15 is 0 Å². The molecule has 20 heavy (non-hydrogen) atoms. The van der Waals surface area contributed by atoms with Crippen molar-refractivity contribution in [2.24, 2.45) is 0 Å². The van der Waals surface area contributed by atoms with E-state index in [9.17, 15) is 24.1 Å². The van der Waals surface area contributed by atoms with Crippen molar-refractivity contribution >= 4 is 23.4 Å². The number of halogens is 1. The van der Waals surface area contributed by atoms with Crippen LogP contribution in [0.25, 0.3) is 0 Å². The Bertz CT molecular complexity index is 549. The van der Waals surface area contributed by atoms with E-state index in [1.807, 2.05) is 0 Å². The lowest BCUT2D eigenvalue weighted by Gasteiger charge is -2.13. The number of carbonyl (C=O) groups excluding carboxylic acids is 1. The summed E-state index contributed by atoms with van der Waals surface area (Å²) in [5.74, 6) is -2.10. The Labute approximate surface area is 112 Å². The van der Waals surface area contributed by atoms with Crippen molar-refractivity contribution in [1.82, 2.24) is 5.32 Å². The summed E-state index contributed by atoms with van der Waals surface area (Å²) in [6, 6.07) is 0.561. The van der Waals surface area contributed by atoms with Gasteiger partial charge in [-0.25, -0.2) is 14.0 Å². The van der Waals surface area contributed by atoms with Crippen LogP contribution in [0.2, 0.25) is 0 Å². The van der Waals surface area contributed by atoms with Crippen LogP contribution in [0, 0.1) is 15.9 Å². The van der Waals surface area contributed by atoms with Crippen molar-refractivity contribution in [2.45, 2.75) is 19.4 Å². The molecule has 0 saturated heterocycles. The standard InChI is InChI=1S/C11H12FN3O5/c1-2-9(10(16)17)14-11(18)13-7-3-6(12)4-8(5-7)15(19)20/h3-5,9H,2H2,1H3,(H,16,17)(H2,13,14,18). The minimum absolute atomic E-state index is 0.144. The van der Waals surface area contributed by atoms with Crippen molar-refractivity contribution in [1.29, 1.82) is 0 Å². The first-order valence-corrected chi connectivity index (χ1v) is 5.58. The summed E-state index contributed by atoms with van der Waals surface area (Å²) >= 11 is 0. The summed E-state index contributed by atoms with van der Waals surface area (Å²) in [5, 5.41) is 23.6. The van der Waals surface area contributed by atoms with Crippen LogP contribution in [0.3, 0.4) is 0 Å². The van der Waals surface area contributed by atoms with Crippen molar-refractivity contribution in [2.75, 3.05) is 5.32 Å². The number of amides is 2. The molecule has 0 aliphatic heterocycles. The van der Waals surface area contributed by atoms with Gasteiger partial charge in [0, 0.05) is 6.07 Å². The maximum Gasteiger partial charge on any atom is 0.326 e. The van der Waals surface area contributed by atoms with E-state index in [-0.39, 0.29) is 12.1 Å². The van der Waals surface area contributed by atoms with Gasteiger partial charge in [-0.3, -0.25) is 10.1 Å². The Balaban J connectivity index is 2.80. The Morgan fingerprint density at radius 2 is 2.10 bits per heavy atom. The second-order valence-corrected chi connectivity index (χ2v) is 3.85. The summed E-state index contributed by atoms with van der Waals surface area (Å²) < 4.78 is 13.1. The number of nitrogens with zero attached hydrogens (tertiary/aromatic N) is 1. The third kappa shape index (κ3) is 4.19. The Morgan fingerprint density at radius 3 is 2.60 bits per heavy atom. The quantitative estimate of drug-likeness (QED) is 0.561. The molecule has 0 heterocycles.